The van der Waals surface area contributed by atoms with E-state index in [1.165, 1.54) is 12.5 Å². The Morgan fingerprint density at radius 3 is 2.66 bits per heavy atom. The van der Waals surface area contributed by atoms with Gasteiger partial charge in [-0.25, -0.2) is 9.97 Å². The number of hydrogen-bond acceptors (Lipinski definition) is 5. The quantitative estimate of drug-likeness (QED) is 0.676. The molecule has 1 atom stereocenters. The number of Topliss-reactive ketones (excluding diaryl/α,β-unsaturated/α-hetero) is 1. The Hall–Kier alpha value is -3.54. The molecule has 3 aromatic rings. The monoisotopic (exact) mass is 386 g/mol. The molecular formula is C23H22N4O2. The largest absolute Gasteiger partial charge is 0.323 e. The number of carbonyl (C=O) groups is 2. The summed E-state index contributed by atoms with van der Waals surface area (Å²) in [5.41, 5.74) is 3.77. The normalized spacial score (nSPS) is 15.1. The molecule has 2 aromatic carbocycles. The number of rotatable bonds is 4. The Morgan fingerprint density at radius 2 is 1.86 bits per heavy atom. The Labute approximate surface area is 169 Å². The van der Waals surface area contributed by atoms with Crippen LogP contribution in [0, 0.1) is 6.92 Å². The minimum Gasteiger partial charge on any atom is -0.323 e. The SMILES string of the molecule is CC(=O)c1cccc(NC(=O)c2cc(N3c4ccccc4CC3C)nc(C)n2)c1. The number of fused-ring (bicyclic) bond motifs is 1. The number of carbonyl (C=O) groups excluding carboxylic acids is 2. The summed E-state index contributed by atoms with van der Waals surface area (Å²) < 4.78 is 0. The van der Waals surface area contributed by atoms with Gasteiger partial charge in [-0.15, -0.1) is 0 Å². The highest BCUT2D eigenvalue weighted by molar-refractivity contribution is 6.04. The first-order valence-electron chi connectivity index (χ1n) is 9.57. The highest BCUT2D eigenvalue weighted by atomic mass is 16.2. The van der Waals surface area contributed by atoms with Crippen molar-refractivity contribution in [1.82, 2.24) is 9.97 Å². The van der Waals surface area contributed by atoms with Gasteiger partial charge in [0.1, 0.15) is 17.3 Å². The average Bonchev–Trinajstić information content (AvgIpc) is 3.03. The lowest BCUT2D eigenvalue weighted by Crippen LogP contribution is -2.26. The Balaban J connectivity index is 1.65. The zero-order valence-corrected chi connectivity index (χ0v) is 16.6. The van der Waals surface area contributed by atoms with Gasteiger partial charge in [-0.1, -0.05) is 30.3 Å². The maximum atomic E-state index is 12.8. The van der Waals surface area contributed by atoms with Crippen LogP contribution in [0.5, 0.6) is 0 Å². The summed E-state index contributed by atoms with van der Waals surface area (Å²) in [6.07, 6.45) is 0.929. The number of hydrogen-bond donors (Lipinski definition) is 1. The third-order valence-electron chi connectivity index (χ3n) is 5.04. The number of amides is 1. The minimum atomic E-state index is -0.336. The van der Waals surface area contributed by atoms with Gasteiger partial charge in [-0.3, -0.25) is 9.59 Å². The molecule has 0 radical (unpaired) electrons. The molecule has 0 fully saturated rings. The second-order valence-corrected chi connectivity index (χ2v) is 7.30. The first kappa shape index (κ1) is 18.8. The standard InChI is InChI=1S/C23H22N4O2/c1-14-11-18-7-4-5-10-21(18)27(14)22-13-20(24-16(3)25-22)23(29)26-19-9-6-8-17(12-19)15(2)28/h4-10,12-14H,11H2,1-3H3,(H,26,29). The van der Waals surface area contributed by atoms with Crippen molar-refractivity contribution in [2.45, 2.75) is 33.2 Å². The third kappa shape index (κ3) is 3.74. The van der Waals surface area contributed by atoms with E-state index < -0.39 is 0 Å². The maximum absolute atomic E-state index is 12.8. The molecule has 1 unspecified atom stereocenters. The van der Waals surface area contributed by atoms with Gasteiger partial charge in [-0.05, 0) is 51.0 Å². The van der Waals surface area contributed by atoms with Gasteiger partial charge in [0.2, 0.25) is 0 Å². The number of aromatic nitrogens is 2. The van der Waals surface area contributed by atoms with Crippen molar-refractivity contribution in [2.24, 2.45) is 0 Å². The molecule has 4 rings (SSSR count). The molecule has 1 aliphatic heterocycles. The van der Waals surface area contributed by atoms with Crippen molar-refractivity contribution >= 4 is 28.9 Å². The predicted octanol–water partition coefficient (Wildman–Crippen LogP) is 4.32. The molecule has 1 N–H and O–H groups in total. The fourth-order valence-electron chi connectivity index (χ4n) is 3.72. The van der Waals surface area contributed by atoms with E-state index in [4.69, 9.17) is 0 Å². The lowest BCUT2D eigenvalue weighted by molar-refractivity contribution is 0.100. The van der Waals surface area contributed by atoms with Crippen LogP contribution in [0.3, 0.4) is 0 Å². The molecular weight excluding hydrogens is 364 g/mol. The van der Waals surface area contributed by atoms with Gasteiger partial charge in [-0.2, -0.15) is 0 Å². The van der Waals surface area contributed by atoms with Gasteiger partial charge in [0.05, 0.1) is 0 Å². The number of aryl methyl sites for hydroxylation is 1. The van der Waals surface area contributed by atoms with Crippen LogP contribution in [-0.2, 0) is 6.42 Å². The molecule has 1 aliphatic rings. The molecule has 1 amide bonds. The lowest BCUT2D eigenvalue weighted by Gasteiger charge is -2.24. The molecule has 0 aliphatic carbocycles. The maximum Gasteiger partial charge on any atom is 0.274 e. The Morgan fingerprint density at radius 1 is 1.07 bits per heavy atom. The van der Waals surface area contributed by atoms with Crippen molar-refractivity contribution in [1.29, 1.82) is 0 Å². The van der Waals surface area contributed by atoms with Crippen LogP contribution in [-0.4, -0.2) is 27.7 Å². The average molecular weight is 386 g/mol. The van der Waals surface area contributed by atoms with Crippen molar-refractivity contribution in [3.05, 3.63) is 77.2 Å². The molecule has 0 spiro atoms. The number of para-hydroxylation sites is 1. The molecule has 29 heavy (non-hydrogen) atoms. The summed E-state index contributed by atoms with van der Waals surface area (Å²) in [4.78, 5) is 35.5. The minimum absolute atomic E-state index is 0.0528. The summed E-state index contributed by atoms with van der Waals surface area (Å²) >= 11 is 0. The van der Waals surface area contributed by atoms with Gasteiger partial charge < -0.3 is 10.2 Å². The smallest absolute Gasteiger partial charge is 0.274 e. The first-order valence-corrected chi connectivity index (χ1v) is 9.57. The number of ketones is 1. The second kappa shape index (κ2) is 7.47. The molecule has 6 nitrogen and oxygen atoms in total. The fraction of sp³-hybridized carbons (Fsp3) is 0.217. The van der Waals surface area contributed by atoms with Crippen LogP contribution in [0.1, 0.15) is 46.1 Å². The molecule has 146 valence electrons. The second-order valence-electron chi connectivity index (χ2n) is 7.30. The molecule has 0 saturated carbocycles. The van der Waals surface area contributed by atoms with Gasteiger partial charge in [0.25, 0.3) is 5.91 Å². The summed E-state index contributed by atoms with van der Waals surface area (Å²) in [5, 5.41) is 2.83. The Bertz CT molecular complexity index is 1110. The van der Waals surface area contributed by atoms with Crippen molar-refractivity contribution in [3.63, 3.8) is 0 Å². The summed E-state index contributed by atoms with van der Waals surface area (Å²) in [7, 11) is 0. The van der Waals surface area contributed by atoms with E-state index in [0.29, 0.717) is 22.9 Å². The zero-order chi connectivity index (χ0) is 20.5. The van der Waals surface area contributed by atoms with Crippen molar-refractivity contribution in [2.75, 3.05) is 10.2 Å². The third-order valence-corrected chi connectivity index (χ3v) is 5.04. The van der Waals surface area contributed by atoms with E-state index in [0.717, 1.165) is 12.1 Å². The van der Waals surface area contributed by atoms with Crippen LogP contribution < -0.4 is 10.2 Å². The van der Waals surface area contributed by atoms with E-state index in [9.17, 15) is 9.59 Å². The van der Waals surface area contributed by atoms with Crippen LogP contribution in [0.15, 0.2) is 54.6 Å². The van der Waals surface area contributed by atoms with E-state index >= 15 is 0 Å². The predicted molar refractivity (Wildman–Crippen MR) is 113 cm³/mol. The molecule has 1 aromatic heterocycles. The van der Waals surface area contributed by atoms with Crippen LogP contribution in [0.4, 0.5) is 17.2 Å². The molecule has 6 heteroatoms. The van der Waals surface area contributed by atoms with E-state index in [1.54, 1.807) is 37.3 Å². The first-order chi connectivity index (χ1) is 13.9. The topological polar surface area (TPSA) is 75.2 Å². The molecule has 2 heterocycles. The number of nitrogens with zero attached hydrogens (tertiary/aromatic N) is 3. The van der Waals surface area contributed by atoms with Gasteiger partial charge in [0.15, 0.2) is 5.78 Å². The zero-order valence-electron chi connectivity index (χ0n) is 16.6. The fourth-order valence-corrected chi connectivity index (χ4v) is 3.72. The van der Waals surface area contributed by atoms with Crippen LogP contribution in [0.25, 0.3) is 0 Å². The highest BCUT2D eigenvalue weighted by Gasteiger charge is 2.28. The number of benzene rings is 2. The van der Waals surface area contributed by atoms with E-state index in [1.807, 2.05) is 12.1 Å². The van der Waals surface area contributed by atoms with Crippen LogP contribution in [0.2, 0.25) is 0 Å². The van der Waals surface area contributed by atoms with E-state index in [2.05, 4.69) is 39.2 Å². The van der Waals surface area contributed by atoms with Gasteiger partial charge >= 0.3 is 0 Å². The number of nitrogens with one attached hydrogen (secondary N) is 1. The van der Waals surface area contributed by atoms with Gasteiger partial charge in [0, 0.05) is 29.0 Å². The Kier molecular flexibility index (Phi) is 4.84. The molecule has 0 bridgehead atoms. The van der Waals surface area contributed by atoms with Crippen molar-refractivity contribution in [3.8, 4) is 0 Å². The van der Waals surface area contributed by atoms with E-state index in [-0.39, 0.29) is 23.4 Å². The summed E-state index contributed by atoms with van der Waals surface area (Å²) in [6.45, 7) is 5.42. The molecule has 0 saturated heterocycles. The highest BCUT2D eigenvalue weighted by Crippen LogP contribution is 2.37. The summed E-state index contributed by atoms with van der Waals surface area (Å²) in [6, 6.07) is 17.1. The lowest BCUT2D eigenvalue weighted by atomic mass is 10.1. The van der Waals surface area contributed by atoms with Crippen molar-refractivity contribution < 1.29 is 9.59 Å². The number of anilines is 3. The summed E-state index contributed by atoms with van der Waals surface area (Å²) in [5.74, 6) is 0.847. The van der Waals surface area contributed by atoms with Crippen LogP contribution >= 0.6 is 0 Å².